The maximum atomic E-state index is 11.3. The molecule has 0 aromatic heterocycles. The highest BCUT2D eigenvalue weighted by Gasteiger charge is 2.18. The van der Waals surface area contributed by atoms with Crippen LogP contribution in [0.25, 0.3) is 0 Å². The summed E-state index contributed by atoms with van der Waals surface area (Å²) in [6.07, 6.45) is 1.95. The minimum atomic E-state index is -0.272. The first-order valence-corrected chi connectivity index (χ1v) is 4.89. The number of hydrogen-bond acceptors (Lipinski definition) is 4. The zero-order chi connectivity index (χ0) is 10.4. The summed E-state index contributed by atoms with van der Waals surface area (Å²) in [5.74, 6) is 0. The maximum Gasteiger partial charge on any atom is 0.409 e. The first-order chi connectivity index (χ1) is 6.77. The second-order valence-electron chi connectivity index (χ2n) is 3.21. The van der Waals surface area contributed by atoms with Crippen LogP contribution < -0.4 is 0 Å². The van der Waals surface area contributed by atoms with Gasteiger partial charge in [-0.15, -0.1) is 0 Å². The van der Waals surface area contributed by atoms with E-state index in [1.165, 1.54) is 0 Å². The first kappa shape index (κ1) is 10.8. The molecule has 1 fully saturated rings. The molecule has 0 saturated carbocycles. The van der Waals surface area contributed by atoms with E-state index in [0.29, 0.717) is 26.1 Å². The van der Waals surface area contributed by atoms with E-state index in [0.717, 1.165) is 18.6 Å². The molecule has 1 aliphatic rings. The Bertz CT molecular complexity index is 228. The molecule has 0 aliphatic carbocycles. The van der Waals surface area contributed by atoms with Crippen LogP contribution in [0.3, 0.4) is 0 Å². The molecular formula is C9H16N2O3. The molecule has 14 heavy (non-hydrogen) atoms. The Morgan fingerprint density at radius 3 is 3.00 bits per heavy atom. The Hall–Kier alpha value is -1.26. The lowest BCUT2D eigenvalue weighted by atomic mass is 10.2. The van der Waals surface area contributed by atoms with Gasteiger partial charge in [0.1, 0.15) is 0 Å². The standard InChI is InChI=1S/C9H16N2O3/c1-2-14-9(12)11-6-3-4-8(10-13)5-7-11/h13H,2-7H2,1H3/b10-8+. The van der Waals surface area contributed by atoms with Crippen LogP contribution in [-0.4, -0.2) is 41.6 Å². The van der Waals surface area contributed by atoms with Crippen LogP contribution in [0.5, 0.6) is 0 Å². The fourth-order valence-corrected chi connectivity index (χ4v) is 1.47. The molecule has 0 radical (unpaired) electrons. The second-order valence-corrected chi connectivity index (χ2v) is 3.21. The number of hydrogen-bond donors (Lipinski definition) is 1. The quantitative estimate of drug-likeness (QED) is 0.515. The summed E-state index contributed by atoms with van der Waals surface area (Å²) in [5.41, 5.74) is 0.761. The molecule has 5 nitrogen and oxygen atoms in total. The minimum Gasteiger partial charge on any atom is -0.450 e. The molecule has 5 heteroatoms. The second kappa shape index (κ2) is 5.47. The molecule has 80 valence electrons. The lowest BCUT2D eigenvalue weighted by molar-refractivity contribution is 0.109. The molecule has 0 spiro atoms. The smallest absolute Gasteiger partial charge is 0.409 e. The Balaban J connectivity index is 2.45. The monoisotopic (exact) mass is 200 g/mol. The van der Waals surface area contributed by atoms with Crippen molar-refractivity contribution < 1.29 is 14.7 Å². The number of amides is 1. The number of carbonyl (C=O) groups is 1. The van der Waals surface area contributed by atoms with Gasteiger partial charge in [-0.1, -0.05) is 5.16 Å². The van der Waals surface area contributed by atoms with Crippen molar-refractivity contribution in [2.24, 2.45) is 5.16 Å². The van der Waals surface area contributed by atoms with Crippen LogP contribution >= 0.6 is 0 Å². The zero-order valence-corrected chi connectivity index (χ0v) is 8.40. The van der Waals surface area contributed by atoms with E-state index >= 15 is 0 Å². The largest absolute Gasteiger partial charge is 0.450 e. The number of likely N-dealkylation sites (tertiary alicyclic amines) is 1. The molecule has 0 bridgehead atoms. The van der Waals surface area contributed by atoms with Gasteiger partial charge in [0, 0.05) is 19.5 Å². The molecule has 1 rings (SSSR count). The molecule has 1 N–H and O–H groups in total. The molecule has 1 amide bonds. The summed E-state index contributed by atoms with van der Waals surface area (Å²) in [5, 5.41) is 11.8. The fourth-order valence-electron chi connectivity index (χ4n) is 1.47. The van der Waals surface area contributed by atoms with Gasteiger partial charge in [0.15, 0.2) is 0 Å². The Morgan fingerprint density at radius 2 is 2.36 bits per heavy atom. The van der Waals surface area contributed by atoms with E-state index in [9.17, 15) is 4.79 Å². The predicted octanol–water partition coefficient (Wildman–Crippen LogP) is 1.46. The van der Waals surface area contributed by atoms with Crippen LogP contribution in [-0.2, 0) is 4.74 Å². The topological polar surface area (TPSA) is 62.1 Å². The number of oxime groups is 1. The van der Waals surface area contributed by atoms with E-state index in [2.05, 4.69) is 5.16 Å². The van der Waals surface area contributed by atoms with Crippen molar-refractivity contribution in [3.8, 4) is 0 Å². The normalized spacial score (nSPS) is 20.6. The number of rotatable bonds is 1. The summed E-state index contributed by atoms with van der Waals surface area (Å²) in [4.78, 5) is 13.0. The third kappa shape index (κ3) is 2.90. The number of nitrogens with zero attached hydrogens (tertiary/aromatic N) is 2. The van der Waals surface area contributed by atoms with Gasteiger partial charge in [0.2, 0.25) is 0 Å². The van der Waals surface area contributed by atoms with Crippen molar-refractivity contribution in [2.45, 2.75) is 26.2 Å². The van der Waals surface area contributed by atoms with Crippen molar-refractivity contribution in [3.63, 3.8) is 0 Å². The van der Waals surface area contributed by atoms with Crippen molar-refractivity contribution in [3.05, 3.63) is 0 Å². The molecule has 0 aromatic rings. The molecule has 1 aliphatic heterocycles. The highest BCUT2D eigenvalue weighted by atomic mass is 16.6. The lowest BCUT2D eigenvalue weighted by Gasteiger charge is -2.18. The molecule has 0 aromatic carbocycles. The molecule has 1 saturated heterocycles. The van der Waals surface area contributed by atoms with E-state index < -0.39 is 0 Å². The summed E-state index contributed by atoms with van der Waals surface area (Å²) >= 11 is 0. The van der Waals surface area contributed by atoms with E-state index in [1.807, 2.05) is 0 Å². The van der Waals surface area contributed by atoms with Gasteiger partial charge in [-0.25, -0.2) is 4.79 Å². The predicted molar refractivity (Wildman–Crippen MR) is 51.7 cm³/mol. The van der Waals surface area contributed by atoms with E-state index in [4.69, 9.17) is 9.94 Å². The molecule has 1 heterocycles. The van der Waals surface area contributed by atoms with Gasteiger partial charge in [-0.05, 0) is 19.8 Å². The van der Waals surface area contributed by atoms with Gasteiger partial charge in [0.25, 0.3) is 0 Å². The summed E-state index contributed by atoms with van der Waals surface area (Å²) in [6.45, 7) is 3.45. The van der Waals surface area contributed by atoms with Crippen molar-refractivity contribution in [1.82, 2.24) is 4.90 Å². The fraction of sp³-hybridized carbons (Fsp3) is 0.778. The minimum absolute atomic E-state index is 0.272. The van der Waals surface area contributed by atoms with Crippen molar-refractivity contribution in [2.75, 3.05) is 19.7 Å². The third-order valence-corrected chi connectivity index (χ3v) is 2.23. The number of ether oxygens (including phenoxy) is 1. The highest BCUT2D eigenvalue weighted by molar-refractivity contribution is 5.84. The van der Waals surface area contributed by atoms with Gasteiger partial charge in [-0.2, -0.15) is 0 Å². The first-order valence-electron chi connectivity index (χ1n) is 4.89. The van der Waals surface area contributed by atoms with Gasteiger partial charge >= 0.3 is 6.09 Å². The SMILES string of the molecule is CCOC(=O)N1CCC/C(=N\O)CC1. The summed E-state index contributed by atoms with van der Waals surface area (Å²) in [7, 11) is 0. The Labute approximate surface area is 83.3 Å². The van der Waals surface area contributed by atoms with Crippen molar-refractivity contribution >= 4 is 11.8 Å². The van der Waals surface area contributed by atoms with Crippen LogP contribution in [0.1, 0.15) is 26.2 Å². The van der Waals surface area contributed by atoms with Gasteiger partial charge in [0.05, 0.1) is 12.3 Å². The molecule has 0 atom stereocenters. The molecule has 0 unspecified atom stereocenters. The van der Waals surface area contributed by atoms with Crippen LogP contribution in [0, 0.1) is 0 Å². The van der Waals surface area contributed by atoms with Crippen LogP contribution in [0.15, 0.2) is 5.16 Å². The number of carbonyl (C=O) groups excluding carboxylic acids is 1. The highest BCUT2D eigenvalue weighted by Crippen LogP contribution is 2.09. The van der Waals surface area contributed by atoms with E-state index in [-0.39, 0.29) is 6.09 Å². The summed E-state index contributed by atoms with van der Waals surface area (Å²) in [6, 6.07) is 0. The zero-order valence-electron chi connectivity index (χ0n) is 8.40. The maximum absolute atomic E-state index is 11.3. The average Bonchev–Trinajstić information content (AvgIpc) is 2.42. The van der Waals surface area contributed by atoms with E-state index in [1.54, 1.807) is 11.8 Å². The summed E-state index contributed by atoms with van der Waals surface area (Å²) < 4.78 is 4.89. The Morgan fingerprint density at radius 1 is 1.57 bits per heavy atom. The third-order valence-electron chi connectivity index (χ3n) is 2.23. The van der Waals surface area contributed by atoms with Gasteiger partial charge in [-0.3, -0.25) is 0 Å². The molecular weight excluding hydrogens is 184 g/mol. The lowest BCUT2D eigenvalue weighted by Crippen LogP contribution is -2.32. The van der Waals surface area contributed by atoms with Crippen LogP contribution in [0.2, 0.25) is 0 Å². The average molecular weight is 200 g/mol. The van der Waals surface area contributed by atoms with Gasteiger partial charge < -0.3 is 14.8 Å². The Kier molecular flexibility index (Phi) is 4.22. The van der Waals surface area contributed by atoms with Crippen molar-refractivity contribution in [1.29, 1.82) is 0 Å². The van der Waals surface area contributed by atoms with Crippen LogP contribution in [0.4, 0.5) is 4.79 Å².